The molecule has 0 spiro atoms. The van der Waals surface area contributed by atoms with Gasteiger partial charge in [0.2, 0.25) is 5.91 Å². The molecule has 1 amide bonds. The first-order valence-electron chi connectivity index (χ1n) is 7.92. The molecule has 19 heavy (non-hydrogen) atoms. The number of rotatable bonds is 2. The molecule has 0 aromatic carbocycles. The molecule has 0 saturated carbocycles. The summed E-state index contributed by atoms with van der Waals surface area (Å²) in [5, 5.41) is 3.44. The molecular formula is C15H27N3O. The Kier molecular flexibility index (Phi) is 3.56. The van der Waals surface area contributed by atoms with Crippen molar-refractivity contribution in [2.24, 2.45) is 0 Å². The third-order valence-electron chi connectivity index (χ3n) is 5.53. The minimum absolute atomic E-state index is 0.0505. The van der Waals surface area contributed by atoms with Crippen molar-refractivity contribution in [3.8, 4) is 0 Å². The van der Waals surface area contributed by atoms with Gasteiger partial charge in [-0.05, 0) is 46.1 Å². The maximum atomic E-state index is 12.5. The first-order valence-corrected chi connectivity index (χ1v) is 7.92. The summed E-state index contributed by atoms with van der Waals surface area (Å²) >= 11 is 0. The second-order valence-corrected chi connectivity index (χ2v) is 6.58. The fourth-order valence-electron chi connectivity index (χ4n) is 4.42. The van der Waals surface area contributed by atoms with Gasteiger partial charge in [0.1, 0.15) is 0 Å². The Bertz CT molecular complexity index is 345. The summed E-state index contributed by atoms with van der Waals surface area (Å²) in [6.45, 7) is 4.23. The van der Waals surface area contributed by atoms with E-state index in [4.69, 9.17) is 0 Å². The van der Waals surface area contributed by atoms with Crippen molar-refractivity contribution >= 4 is 5.91 Å². The zero-order chi connectivity index (χ0) is 13.6. The van der Waals surface area contributed by atoms with Crippen LogP contribution in [-0.2, 0) is 4.79 Å². The molecule has 3 rings (SSSR count). The number of nitrogens with one attached hydrogen (secondary N) is 1. The molecule has 4 unspecified atom stereocenters. The zero-order valence-electron chi connectivity index (χ0n) is 12.4. The normalized spacial score (nSPS) is 43.8. The zero-order valence-corrected chi connectivity index (χ0v) is 12.4. The minimum atomic E-state index is 0.0505. The summed E-state index contributed by atoms with van der Waals surface area (Å²) < 4.78 is 0. The van der Waals surface area contributed by atoms with E-state index in [2.05, 4.69) is 36.0 Å². The highest BCUT2D eigenvalue weighted by molar-refractivity contribution is 5.84. The van der Waals surface area contributed by atoms with Crippen LogP contribution in [0.3, 0.4) is 0 Å². The molecule has 0 aliphatic carbocycles. The van der Waals surface area contributed by atoms with E-state index in [1.165, 1.54) is 32.1 Å². The molecular weight excluding hydrogens is 238 g/mol. The Morgan fingerprint density at radius 1 is 1.21 bits per heavy atom. The Morgan fingerprint density at radius 2 is 1.84 bits per heavy atom. The van der Waals surface area contributed by atoms with Crippen LogP contribution < -0.4 is 5.32 Å². The van der Waals surface area contributed by atoms with Crippen LogP contribution in [0.5, 0.6) is 0 Å². The number of amides is 1. The van der Waals surface area contributed by atoms with E-state index in [1.54, 1.807) is 0 Å². The largest absolute Gasteiger partial charge is 0.323 e. The van der Waals surface area contributed by atoms with Crippen LogP contribution in [0.15, 0.2) is 0 Å². The first-order chi connectivity index (χ1) is 9.11. The van der Waals surface area contributed by atoms with Gasteiger partial charge in [0, 0.05) is 18.1 Å². The van der Waals surface area contributed by atoms with Crippen LogP contribution in [0.4, 0.5) is 0 Å². The Balaban J connectivity index is 1.74. The van der Waals surface area contributed by atoms with Gasteiger partial charge >= 0.3 is 0 Å². The fraction of sp³-hybridized carbons (Fsp3) is 0.933. The van der Waals surface area contributed by atoms with Gasteiger partial charge in [-0.2, -0.15) is 0 Å². The van der Waals surface area contributed by atoms with Crippen molar-refractivity contribution in [2.75, 3.05) is 7.05 Å². The number of fused-ring (bicyclic) bond motifs is 2. The average Bonchev–Trinajstić information content (AvgIpc) is 2.64. The van der Waals surface area contributed by atoms with Crippen molar-refractivity contribution in [3.05, 3.63) is 0 Å². The fourth-order valence-corrected chi connectivity index (χ4v) is 4.42. The summed E-state index contributed by atoms with van der Waals surface area (Å²) in [4.78, 5) is 17.2. The SMILES string of the molecule is CCC1NC(C)N(C2CC3CCCC(C2)N3C)C1=O. The lowest BCUT2D eigenvalue weighted by Gasteiger charge is -2.49. The molecule has 2 bridgehead atoms. The van der Waals surface area contributed by atoms with Crippen LogP contribution >= 0.6 is 0 Å². The molecule has 4 nitrogen and oxygen atoms in total. The summed E-state index contributed by atoms with van der Waals surface area (Å²) in [6.07, 6.45) is 7.44. The van der Waals surface area contributed by atoms with E-state index >= 15 is 0 Å². The highest BCUT2D eigenvalue weighted by Gasteiger charge is 2.44. The monoisotopic (exact) mass is 265 g/mol. The average molecular weight is 265 g/mol. The van der Waals surface area contributed by atoms with Gasteiger partial charge in [-0.3, -0.25) is 10.1 Å². The molecule has 0 radical (unpaired) electrons. The van der Waals surface area contributed by atoms with Gasteiger partial charge in [0.05, 0.1) is 12.2 Å². The molecule has 3 heterocycles. The lowest BCUT2D eigenvalue weighted by molar-refractivity contribution is -0.134. The highest BCUT2D eigenvalue weighted by Crippen LogP contribution is 2.36. The number of carbonyl (C=O) groups is 1. The van der Waals surface area contributed by atoms with E-state index in [9.17, 15) is 4.79 Å². The second kappa shape index (κ2) is 5.06. The number of nitrogens with zero attached hydrogens (tertiary/aromatic N) is 2. The van der Waals surface area contributed by atoms with Gasteiger partial charge in [-0.15, -0.1) is 0 Å². The summed E-state index contributed by atoms with van der Waals surface area (Å²) in [5.74, 6) is 0.336. The van der Waals surface area contributed by atoms with Crippen LogP contribution in [0.2, 0.25) is 0 Å². The van der Waals surface area contributed by atoms with Crippen LogP contribution in [0.25, 0.3) is 0 Å². The molecule has 3 fully saturated rings. The quantitative estimate of drug-likeness (QED) is 0.823. The second-order valence-electron chi connectivity index (χ2n) is 6.58. The lowest BCUT2D eigenvalue weighted by Crippen LogP contribution is -2.57. The van der Waals surface area contributed by atoms with Gasteiger partial charge in [0.15, 0.2) is 0 Å². The Labute approximate surface area is 116 Å². The molecule has 108 valence electrons. The summed E-state index contributed by atoms with van der Waals surface area (Å²) in [5.41, 5.74) is 0. The molecule has 3 aliphatic rings. The highest BCUT2D eigenvalue weighted by atomic mass is 16.2. The van der Waals surface area contributed by atoms with E-state index in [0.29, 0.717) is 24.0 Å². The number of piperidine rings is 2. The van der Waals surface area contributed by atoms with Crippen LogP contribution in [-0.4, -0.2) is 53.1 Å². The maximum Gasteiger partial charge on any atom is 0.241 e. The molecule has 1 N–H and O–H groups in total. The van der Waals surface area contributed by atoms with Gasteiger partial charge in [-0.25, -0.2) is 0 Å². The lowest BCUT2D eigenvalue weighted by atomic mass is 9.81. The Morgan fingerprint density at radius 3 is 2.37 bits per heavy atom. The first kappa shape index (κ1) is 13.4. The third kappa shape index (κ3) is 2.19. The predicted molar refractivity (Wildman–Crippen MR) is 75.7 cm³/mol. The van der Waals surface area contributed by atoms with Gasteiger partial charge < -0.3 is 9.80 Å². The van der Waals surface area contributed by atoms with Crippen molar-refractivity contribution in [1.29, 1.82) is 0 Å². The van der Waals surface area contributed by atoms with E-state index in [0.717, 1.165) is 6.42 Å². The minimum Gasteiger partial charge on any atom is -0.323 e. The third-order valence-corrected chi connectivity index (χ3v) is 5.53. The van der Waals surface area contributed by atoms with Gasteiger partial charge in [0.25, 0.3) is 0 Å². The molecule has 3 aliphatic heterocycles. The van der Waals surface area contributed by atoms with Crippen molar-refractivity contribution in [3.63, 3.8) is 0 Å². The van der Waals surface area contributed by atoms with Crippen LogP contribution in [0.1, 0.15) is 52.4 Å². The summed E-state index contributed by atoms with van der Waals surface area (Å²) in [7, 11) is 2.27. The summed E-state index contributed by atoms with van der Waals surface area (Å²) in [6, 6.07) is 1.89. The predicted octanol–water partition coefficient (Wildman–Crippen LogP) is 1.56. The molecule has 4 atom stereocenters. The molecule has 0 aromatic heterocycles. The maximum absolute atomic E-state index is 12.5. The van der Waals surface area contributed by atoms with Crippen LogP contribution in [0, 0.1) is 0 Å². The molecule has 4 heteroatoms. The number of carbonyl (C=O) groups excluding carboxylic acids is 1. The standard InChI is InChI=1S/C15H27N3O/c1-4-14-15(19)18(10(2)16-14)13-8-11-6-5-7-12(9-13)17(11)3/h10-14,16H,4-9H2,1-3H3. The van der Waals surface area contributed by atoms with E-state index in [1.807, 2.05) is 0 Å². The van der Waals surface area contributed by atoms with E-state index < -0.39 is 0 Å². The van der Waals surface area contributed by atoms with Crippen molar-refractivity contribution < 1.29 is 4.79 Å². The number of hydrogen-bond acceptors (Lipinski definition) is 3. The molecule has 0 aromatic rings. The van der Waals surface area contributed by atoms with Crippen molar-refractivity contribution in [2.45, 2.75) is 82.7 Å². The molecule has 3 saturated heterocycles. The van der Waals surface area contributed by atoms with Crippen molar-refractivity contribution in [1.82, 2.24) is 15.1 Å². The Hall–Kier alpha value is -0.610. The topological polar surface area (TPSA) is 35.6 Å². The van der Waals surface area contributed by atoms with E-state index in [-0.39, 0.29) is 12.2 Å². The van der Waals surface area contributed by atoms with Gasteiger partial charge in [-0.1, -0.05) is 13.3 Å². The number of hydrogen-bond donors (Lipinski definition) is 1. The smallest absolute Gasteiger partial charge is 0.241 e.